The molecule has 0 radical (unpaired) electrons. The zero-order chi connectivity index (χ0) is 11.5. The van der Waals surface area contributed by atoms with Gasteiger partial charge in [0.05, 0.1) is 5.56 Å². The second-order valence-corrected chi connectivity index (χ2v) is 3.30. The van der Waals surface area contributed by atoms with Crippen LogP contribution in [-0.4, -0.2) is 13.1 Å². The quantitative estimate of drug-likeness (QED) is 0.809. The molecule has 15 heavy (non-hydrogen) atoms. The summed E-state index contributed by atoms with van der Waals surface area (Å²) in [7, 11) is 0. The summed E-state index contributed by atoms with van der Waals surface area (Å²) in [6.07, 6.45) is -3.51. The van der Waals surface area contributed by atoms with Crippen molar-refractivity contribution >= 4 is 17.4 Å². The van der Waals surface area contributed by atoms with Crippen LogP contribution in [0.5, 0.6) is 0 Å². The van der Waals surface area contributed by atoms with Gasteiger partial charge < -0.3 is 5.73 Å². The van der Waals surface area contributed by atoms with Crippen molar-refractivity contribution in [2.24, 2.45) is 0 Å². The Labute approximate surface area is 89.4 Å². The van der Waals surface area contributed by atoms with Crippen LogP contribution in [0.3, 0.4) is 0 Å². The summed E-state index contributed by atoms with van der Waals surface area (Å²) in [5.41, 5.74) is 2.79. The van der Waals surface area contributed by atoms with Crippen molar-refractivity contribution < 1.29 is 23.9 Å². The van der Waals surface area contributed by atoms with Crippen molar-refractivity contribution in [3.05, 3.63) is 22.8 Å². The standard InChI is InChI=1S/C8H9ClF3N3/c9-6-3-5(8(10,11)12)4-15-7(6)14-2-1-13/h3-4H,1-2,13H2,(H,14,15)/p+2. The Hall–Kier alpha value is -1.01. The molecule has 0 aliphatic rings. The molecule has 0 unspecified atom stereocenters. The maximum atomic E-state index is 12.2. The topological polar surface area (TPSA) is 53.8 Å². The maximum absolute atomic E-state index is 12.2. The highest BCUT2D eigenvalue weighted by Crippen LogP contribution is 2.30. The van der Waals surface area contributed by atoms with Crippen LogP contribution in [0.15, 0.2) is 12.3 Å². The molecule has 0 aliphatic carbocycles. The second kappa shape index (κ2) is 4.67. The average Bonchev–Trinajstić information content (AvgIpc) is 2.14. The fourth-order valence-electron chi connectivity index (χ4n) is 0.982. The molecule has 1 aromatic rings. The summed E-state index contributed by atoms with van der Waals surface area (Å²) in [5, 5.41) is 2.84. The molecule has 5 N–H and O–H groups in total. The highest BCUT2D eigenvalue weighted by molar-refractivity contribution is 6.32. The molecule has 0 saturated heterocycles. The number of hydrogen-bond acceptors (Lipinski definition) is 1. The van der Waals surface area contributed by atoms with Gasteiger partial charge in [0.25, 0.3) is 5.82 Å². The minimum absolute atomic E-state index is 0.0123. The van der Waals surface area contributed by atoms with Gasteiger partial charge in [0, 0.05) is 0 Å². The molecule has 0 aliphatic heterocycles. The zero-order valence-electron chi connectivity index (χ0n) is 7.79. The number of quaternary nitrogens is 1. The normalized spacial score (nSPS) is 11.5. The molecular weight excluding hydrogens is 231 g/mol. The molecule has 7 heteroatoms. The lowest BCUT2D eigenvalue weighted by atomic mass is 10.3. The van der Waals surface area contributed by atoms with Crippen molar-refractivity contribution in [2.75, 3.05) is 18.4 Å². The Bertz CT molecular complexity index is 340. The van der Waals surface area contributed by atoms with E-state index in [-0.39, 0.29) is 5.02 Å². The maximum Gasteiger partial charge on any atom is 0.419 e. The van der Waals surface area contributed by atoms with Crippen molar-refractivity contribution in [2.45, 2.75) is 6.18 Å². The SMILES string of the molecule is [NH3+]CCNc1[nH+]cc(C(F)(F)F)cc1Cl. The first-order valence-electron chi connectivity index (χ1n) is 4.26. The molecular formula is C8H11ClF3N3+2. The van der Waals surface area contributed by atoms with Crippen molar-refractivity contribution in [1.82, 2.24) is 0 Å². The number of alkyl halides is 3. The fraction of sp³-hybridized carbons (Fsp3) is 0.375. The minimum Gasteiger partial charge on any atom is -0.354 e. The van der Waals surface area contributed by atoms with Gasteiger partial charge in [0.15, 0.2) is 0 Å². The molecule has 3 nitrogen and oxygen atoms in total. The van der Waals surface area contributed by atoms with E-state index in [2.05, 4.69) is 16.0 Å². The van der Waals surface area contributed by atoms with Gasteiger partial charge in [0.1, 0.15) is 24.3 Å². The molecule has 1 rings (SSSR count). The van der Waals surface area contributed by atoms with Crippen LogP contribution in [0.4, 0.5) is 19.0 Å². The van der Waals surface area contributed by atoms with Gasteiger partial charge in [-0.25, -0.2) is 4.98 Å². The predicted octanol–water partition coefficient (Wildman–Crippen LogP) is 0.827. The number of aromatic nitrogens is 1. The van der Waals surface area contributed by atoms with Gasteiger partial charge >= 0.3 is 6.18 Å². The first-order valence-corrected chi connectivity index (χ1v) is 4.64. The average molecular weight is 242 g/mol. The number of rotatable bonds is 3. The molecule has 0 bridgehead atoms. The van der Waals surface area contributed by atoms with Crippen LogP contribution in [0.25, 0.3) is 0 Å². The molecule has 0 aromatic carbocycles. The van der Waals surface area contributed by atoms with Gasteiger partial charge in [-0.2, -0.15) is 13.2 Å². The summed E-state index contributed by atoms with van der Waals surface area (Å²) < 4.78 is 36.7. The Morgan fingerprint density at radius 1 is 1.47 bits per heavy atom. The van der Waals surface area contributed by atoms with Crippen LogP contribution >= 0.6 is 11.6 Å². The third-order valence-corrected chi connectivity index (χ3v) is 2.00. The Morgan fingerprint density at radius 2 is 2.13 bits per heavy atom. The van der Waals surface area contributed by atoms with Crippen LogP contribution in [0.1, 0.15) is 5.56 Å². The summed E-state index contributed by atoms with van der Waals surface area (Å²) in [6, 6.07) is 0.878. The molecule has 0 amide bonds. The highest BCUT2D eigenvalue weighted by atomic mass is 35.5. The molecule has 0 saturated carbocycles. The van der Waals surface area contributed by atoms with Crippen molar-refractivity contribution in [3.8, 4) is 0 Å². The van der Waals surface area contributed by atoms with Gasteiger partial charge in [-0.1, -0.05) is 11.6 Å². The number of anilines is 1. The Kier molecular flexibility index (Phi) is 3.76. The van der Waals surface area contributed by atoms with Crippen molar-refractivity contribution in [1.29, 1.82) is 0 Å². The van der Waals surface area contributed by atoms with Crippen LogP contribution in [0, 0.1) is 0 Å². The number of halogens is 4. The number of nitrogens with one attached hydrogen (secondary N) is 2. The lowest BCUT2D eigenvalue weighted by Crippen LogP contribution is -2.53. The van der Waals surface area contributed by atoms with E-state index in [9.17, 15) is 13.2 Å². The number of pyridine rings is 1. The fourth-order valence-corrected chi connectivity index (χ4v) is 1.22. The van der Waals surface area contributed by atoms with E-state index in [1.54, 1.807) is 0 Å². The van der Waals surface area contributed by atoms with E-state index < -0.39 is 11.7 Å². The summed E-state index contributed by atoms with van der Waals surface area (Å²) >= 11 is 5.66. The van der Waals surface area contributed by atoms with Gasteiger partial charge in [0.2, 0.25) is 0 Å². The monoisotopic (exact) mass is 241 g/mol. The Balaban J connectivity index is 2.88. The molecule has 1 heterocycles. The molecule has 0 spiro atoms. The van der Waals surface area contributed by atoms with Crippen LogP contribution in [-0.2, 0) is 6.18 Å². The lowest BCUT2D eigenvalue weighted by Gasteiger charge is -2.05. The summed E-state index contributed by atoms with van der Waals surface area (Å²) in [6.45, 7) is 1.16. The smallest absolute Gasteiger partial charge is 0.354 e. The van der Waals surface area contributed by atoms with Gasteiger partial charge in [-0.3, -0.25) is 5.32 Å². The number of hydrogen-bond donors (Lipinski definition) is 2. The number of H-pyrrole nitrogens is 1. The lowest BCUT2D eigenvalue weighted by molar-refractivity contribution is -0.371. The van der Waals surface area contributed by atoms with Gasteiger partial charge in [-0.05, 0) is 6.07 Å². The summed E-state index contributed by atoms with van der Waals surface area (Å²) in [5.74, 6) is 0.369. The molecule has 0 fully saturated rings. The molecule has 1 aromatic heterocycles. The first kappa shape index (κ1) is 12.1. The van der Waals surface area contributed by atoms with E-state index in [1.807, 2.05) is 0 Å². The third kappa shape index (κ3) is 3.24. The van der Waals surface area contributed by atoms with E-state index in [0.717, 1.165) is 12.3 Å². The van der Waals surface area contributed by atoms with E-state index in [4.69, 9.17) is 11.6 Å². The zero-order valence-corrected chi connectivity index (χ0v) is 8.54. The van der Waals surface area contributed by atoms with E-state index >= 15 is 0 Å². The third-order valence-electron chi connectivity index (χ3n) is 1.70. The first-order chi connectivity index (χ1) is 6.95. The highest BCUT2D eigenvalue weighted by Gasteiger charge is 2.32. The van der Waals surface area contributed by atoms with E-state index in [0.29, 0.717) is 18.9 Å². The minimum atomic E-state index is -4.38. The number of aromatic amines is 1. The second-order valence-electron chi connectivity index (χ2n) is 2.89. The van der Waals surface area contributed by atoms with Crippen LogP contribution in [0.2, 0.25) is 5.02 Å². The van der Waals surface area contributed by atoms with Crippen LogP contribution < -0.4 is 16.0 Å². The molecule has 84 valence electrons. The summed E-state index contributed by atoms with van der Waals surface area (Å²) in [4.78, 5) is 2.46. The Morgan fingerprint density at radius 3 is 2.60 bits per heavy atom. The van der Waals surface area contributed by atoms with E-state index in [1.165, 1.54) is 0 Å². The van der Waals surface area contributed by atoms with Crippen molar-refractivity contribution in [3.63, 3.8) is 0 Å². The largest absolute Gasteiger partial charge is 0.419 e. The predicted molar refractivity (Wildman–Crippen MR) is 49.3 cm³/mol. The van der Waals surface area contributed by atoms with Gasteiger partial charge in [-0.15, -0.1) is 0 Å². The molecule has 0 atom stereocenters.